The van der Waals surface area contributed by atoms with Gasteiger partial charge < -0.3 is 9.47 Å². The lowest BCUT2D eigenvalue weighted by Gasteiger charge is -2.36. The number of anilines is 1. The van der Waals surface area contributed by atoms with Gasteiger partial charge in [-0.2, -0.15) is 0 Å². The minimum atomic E-state index is 1.00. The van der Waals surface area contributed by atoms with Crippen LogP contribution in [-0.2, 0) is 13.5 Å². The topological polar surface area (TPSA) is 50.1 Å². The normalized spacial score (nSPS) is 16.0. The van der Waals surface area contributed by atoms with E-state index in [2.05, 4.69) is 54.6 Å². The molecule has 1 fully saturated rings. The van der Waals surface area contributed by atoms with E-state index in [9.17, 15) is 0 Å². The summed E-state index contributed by atoms with van der Waals surface area (Å²) in [5.74, 6) is 1.16. The molecule has 3 aromatic rings. The smallest absolute Gasteiger partial charge is 0.116 e. The first-order valence-electron chi connectivity index (χ1n) is 8.43. The fourth-order valence-electron chi connectivity index (χ4n) is 3.29. The van der Waals surface area contributed by atoms with Crippen molar-refractivity contribution in [1.29, 1.82) is 0 Å². The molecule has 2 aromatic heterocycles. The number of fused-ring (bicyclic) bond motifs is 1. The molecule has 0 N–H and O–H groups in total. The lowest BCUT2D eigenvalue weighted by Crippen LogP contribution is -2.47. The van der Waals surface area contributed by atoms with Gasteiger partial charge in [-0.05, 0) is 18.2 Å². The number of rotatable bonds is 4. The van der Waals surface area contributed by atoms with E-state index in [0.29, 0.717) is 0 Å². The van der Waals surface area contributed by atoms with Crippen LogP contribution in [0, 0.1) is 0 Å². The van der Waals surface area contributed by atoms with Gasteiger partial charge in [-0.25, -0.2) is 15.0 Å². The lowest BCUT2D eigenvalue weighted by molar-refractivity contribution is 0.259. The molecule has 3 heterocycles. The molecule has 4 rings (SSSR count). The Bertz CT molecular complexity index is 819. The average molecular weight is 322 g/mol. The van der Waals surface area contributed by atoms with Gasteiger partial charge in [0.2, 0.25) is 0 Å². The SMILES string of the molecule is Cn1ccnc1CCN1CCN(c2ccc3ncncc3c2)CC1. The van der Waals surface area contributed by atoms with Gasteiger partial charge in [-0.15, -0.1) is 0 Å². The highest BCUT2D eigenvalue weighted by molar-refractivity contribution is 5.81. The highest BCUT2D eigenvalue weighted by Gasteiger charge is 2.17. The van der Waals surface area contributed by atoms with Gasteiger partial charge in [0.15, 0.2) is 0 Å². The van der Waals surface area contributed by atoms with E-state index in [-0.39, 0.29) is 0 Å². The Morgan fingerprint density at radius 1 is 1.08 bits per heavy atom. The summed E-state index contributed by atoms with van der Waals surface area (Å²) in [7, 11) is 2.06. The monoisotopic (exact) mass is 322 g/mol. The summed E-state index contributed by atoms with van der Waals surface area (Å²) in [6.07, 6.45) is 8.38. The zero-order valence-electron chi connectivity index (χ0n) is 14.0. The van der Waals surface area contributed by atoms with Gasteiger partial charge in [0.25, 0.3) is 0 Å². The van der Waals surface area contributed by atoms with Gasteiger partial charge in [0.1, 0.15) is 12.2 Å². The van der Waals surface area contributed by atoms with Crippen LogP contribution in [0.2, 0.25) is 0 Å². The molecule has 1 aromatic carbocycles. The van der Waals surface area contributed by atoms with Gasteiger partial charge in [0, 0.05) is 75.9 Å². The Labute approximate surface area is 141 Å². The van der Waals surface area contributed by atoms with E-state index >= 15 is 0 Å². The zero-order chi connectivity index (χ0) is 16.4. The summed E-state index contributed by atoms with van der Waals surface area (Å²) < 4.78 is 2.10. The predicted molar refractivity (Wildman–Crippen MR) is 95.1 cm³/mol. The van der Waals surface area contributed by atoms with Crippen LogP contribution < -0.4 is 4.90 Å². The van der Waals surface area contributed by atoms with E-state index in [1.807, 2.05) is 18.6 Å². The first-order chi connectivity index (χ1) is 11.8. The van der Waals surface area contributed by atoms with Crippen LogP contribution in [0.4, 0.5) is 5.69 Å². The Kier molecular flexibility index (Phi) is 4.13. The Morgan fingerprint density at radius 3 is 2.75 bits per heavy atom. The van der Waals surface area contributed by atoms with Crippen LogP contribution in [0.3, 0.4) is 0 Å². The molecule has 124 valence electrons. The van der Waals surface area contributed by atoms with Crippen molar-refractivity contribution in [3.05, 3.63) is 48.9 Å². The first kappa shape index (κ1) is 15.1. The number of aromatic nitrogens is 4. The summed E-state index contributed by atoms with van der Waals surface area (Å²) in [6, 6.07) is 6.44. The van der Waals surface area contributed by atoms with E-state index in [1.165, 1.54) is 5.69 Å². The summed E-state index contributed by atoms with van der Waals surface area (Å²) in [5, 5.41) is 1.10. The van der Waals surface area contributed by atoms with Gasteiger partial charge in [-0.1, -0.05) is 0 Å². The number of piperazine rings is 1. The number of aryl methyl sites for hydroxylation is 1. The molecule has 0 aliphatic carbocycles. The Morgan fingerprint density at radius 2 is 1.96 bits per heavy atom. The standard InChI is InChI=1S/C18H22N6/c1-22-7-5-20-18(22)4-6-23-8-10-24(11-9-23)16-2-3-17-15(12-16)13-19-14-21-17/h2-3,5,7,12-14H,4,6,8-11H2,1H3. The van der Waals surface area contributed by atoms with Crippen molar-refractivity contribution in [3.8, 4) is 0 Å². The second-order valence-corrected chi connectivity index (χ2v) is 6.30. The van der Waals surface area contributed by atoms with Crippen LogP contribution in [0.1, 0.15) is 5.82 Å². The van der Waals surface area contributed by atoms with Crippen molar-refractivity contribution < 1.29 is 0 Å². The molecule has 0 radical (unpaired) electrons. The average Bonchev–Trinajstić information content (AvgIpc) is 3.05. The summed E-state index contributed by atoms with van der Waals surface area (Å²) in [6.45, 7) is 5.37. The number of benzene rings is 1. The number of hydrogen-bond acceptors (Lipinski definition) is 5. The van der Waals surface area contributed by atoms with E-state index in [1.54, 1.807) is 6.33 Å². The Balaban J connectivity index is 1.35. The Hall–Kier alpha value is -2.47. The molecule has 6 nitrogen and oxygen atoms in total. The largest absolute Gasteiger partial charge is 0.369 e. The van der Waals surface area contributed by atoms with Gasteiger partial charge in [0.05, 0.1) is 5.52 Å². The molecule has 0 unspecified atom stereocenters. The number of hydrogen-bond donors (Lipinski definition) is 0. The van der Waals surface area contributed by atoms with Crippen molar-refractivity contribution in [1.82, 2.24) is 24.4 Å². The van der Waals surface area contributed by atoms with Crippen LogP contribution in [0.15, 0.2) is 43.1 Å². The fraction of sp³-hybridized carbons (Fsp3) is 0.389. The van der Waals surface area contributed by atoms with Crippen molar-refractivity contribution in [2.75, 3.05) is 37.6 Å². The van der Waals surface area contributed by atoms with Gasteiger partial charge >= 0.3 is 0 Å². The molecular formula is C18H22N6. The van der Waals surface area contributed by atoms with Crippen molar-refractivity contribution in [3.63, 3.8) is 0 Å². The minimum Gasteiger partial charge on any atom is -0.369 e. The highest BCUT2D eigenvalue weighted by atomic mass is 15.3. The third-order valence-corrected chi connectivity index (χ3v) is 4.80. The lowest BCUT2D eigenvalue weighted by atomic mass is 10.2. The second kappa shape index (κ2) is 6.57. The van der Waals surface area contributed by atoms with Crippen molar-refractivity contribution in [2.24, 2.45) is 7.05 Å². The molecule has 0 saturated carbocycles. The summed E-state index contributed by atoms with van der Waals surface area (Å²) >= 11 is 0. The molecule has 0 bridgehead atoms. The third-order valence-electron chi connectivity index (χ3n) is 4.80. The van der Waals surface area contributed by atoms with Crippen LogP contribution in [-0.4, -0.2) is 57.1 Å². The third kappa shape index (κ3) is 3.10. The van der Waals surface area contributed by atoms with Crippen molar-refractivity contribution in [2.45, 2.75) is 6.42 Å². The molecule has 1 aliphatic heterocycles. The van der Waals surface area contributed by atoms with Gasteiger partial charge in [-0.3, -0.25) is 4.90 Å². The second-order valence-electron chi connectivity index (χ2n) is 6.30. The molecule has 6 heteroatoms. The maximum atomic E-state index is 4.41. The maximum absolute atomic E-state index is 4.41. The highest BCUT2D eigenvalue weighted by Crippen LogP contribution is 2.21. The molecule has 0 spiro atoms. The summed E-state index contributed by atoms with van der Waals surface area (Å²) in [5.41, 5.74) is 2.27. The van der Waals surface area contributed by atoms with E-state index < -0.39 is 0 Å². The quantitative estimate of drug-likeness (QED) is 0.732. The molecular weight excluding hydrogens is 300 g/mol. The number of imidazole rings is 1. The molecule has 24 heavy (non-hydrogen) atoms. The minimum absolute atomic E-state index is 1.00. The molecule has 1 saturated heterocycles. The van der Waals surface area contributed by atoms with Crippen molar-refractivity contribution >= 4 is 16.6 Å². The fourth-order valence-corrected chi connectivity index (χ4v) is 3.29. The summed E-state index contributed by atoms with van der Waals surface area (Å²) in [4.78, 5) is 17.8. The zero-order valence-corrected chi connectivity index (χ0v) is 14.0. The van der Waals surface area contributed by atoms with Crippen LogP contribution >= 0.6 is 0 Å². The van der Waals surface area contributed by atoms with Crippen LogP contribution in [0.25, 0.3) is 10.9 Å². The van der Waals surface area contributed by atoms with Crippen LogP contribution in [0.5, 0.6) is 0 Å². The molecule has 0 amide bonds. The van der Waals surface area contributed by atoms with E-state index in [0.717, 1.165) is 55.9 Å². The first-order valence-corrected chi connectivity index (χ1v) is 8.43. The van der Waals surface area contributed by atoms with E-state index in [4.69, 9.17) is 0 Å². The predicted octanol–water partition coefficient (Wildman–Crippen LogP) is 1.73. The number of nitrogens with zero attached hydrogens (tertiary/aromatic N) is 6. The molecule has 1 aliphatic rings. The molecule has 0 atom stereocenters. The maximum Gasteiger partial charge on any atom is 0.116 e.